The third kappa shape index (κ3) is 4.63. The first-order chi connectivity index (χ1) is 18.6. The average molecular weight is 525 g/mol. The molecular weight excluding hydrogens is 492 g/mol. The van der Waals surface area contributed by atoms with E-state index in [2.05, 4.69) is 76.3 Å². The summed E-state index contributed by atoms with van der Waals surface area (Å²) in [5, 5.41) is 4.25. The smallest absolute Gasteiger partial charge is 0.174 e. The maximum absolute atomic E-state index is 6.23. The van der Waals surface area contributed by atoms with Crippen LogP contribution in [-0.2, 0) is 0 Å². The molecule has 0 amide bonds. The molecule has 3 heterocycles. The summed E-state index contributed by atoms with van der Waals surface area (Å²) in [5.74, 6) is 1.74. The molecule has 2 aromatic heterocycles. The summed E-state index contributed by atoms with van der Waals surface area (Å²) in [7, 11) is 1.69. The van der Waals surface area contributed by atoms with Crippen molar-refractivity contribution in [2.24, 2.45) is 0 Å². The third-order valence-electron chi connectivity index (χ3n) is 7.56. The molecule has 0 bridgehead atoms. The second-order valence-corrected chi connectivity index (χ2v) is 10.3. The van der Waals surface area contributed by atoms with Gasteiger partial charge in [-0.3, -0.25) is 4.98 Å². The third-order valence-corrected chi connectivity index (χ3v) is 7.87. The van der Waals surface area contributed by atoms with Gasteiger partial charge in [-0.1, -0.05) is 6.07 Å². The predicted molar refractivity (Wildman–Crippen MR) is 154 cm³/mol. The summed E-state index contributed by atoms with van der Waals surface area (Å²) in [6, 6.07) is 26.7. The van der Waals surface area contributed by atoms with Crippen LogP contribution in [0.15, 0.2) is 85.1 Å². The van der Waals surface area contributed by atoms with Crippen molar-refractivity contribution in [2.45, 2.75) is 50.8 Å². The Morgan fingerprint density at radius 2 is 1.58 bits per heavy atom. The molecule has 1 aliphatic carbocycles. The van der Waals surface area contributed by atoms with Gasteiger partial charge in [0.05, 0.1) is 24.9 Å². The number of methoxy groups -OCH3 is 1. The molecule has 6 rings (SSSR count). The van der Waals surface area contributed by atoms with Crippen LogP contribution in [0.25, 0.3) is 5.69 Å². The number of benzene rings is 2. The molecule has 1 saturated carbocycles. The molecule has 2 aromatic carbocycles. The van der Waals surface area contributed by atoms with Gasteiger partial charge in [-0.05, 0) is 118 Å². The van der Waals surface area contributed by atoms with Crippen LogP contribution in [0.4, 0.5) is 5.69 Å². The van der Waals surface area contributed by atoms with Gasteiger partial charge in [0, 0.05) is 29.0 Å². The minimum atomic E-state index is -0.121. The molecule has 2 atom stereocenters. The van der Waals surface area contributed by atoms with E-state index in [-0.39, 0.29) is 12.1 Å². The van der Waals surface area contributed by atoms with Crippen molar-refractivity contribution in [1.29, 1.82) is 0 Å². The first-order valence-electron chi connectivity index (χ1n) is 13.2. The number of aromatic nitrogens is 2. The van der Waals surface area contributed by atoms with E-state index in [0.29, 0.717) is 11.2 Å². The lowest BCUT2D eigenvalue weighted by Crippen LogP contribution is -2.30. The quantitative estimate of drug-likeness (QED) is 0.272. The van der Waals surface area contributed by atoms with E-state index in [1.165, 1.54) is 12.8 Å². The Morgan fingerprint density at radius 1 is 0.868 bits per heavy atom. The lowest BCUT2D eigenvalue weighted by molar-refractivity contribution is 0.210. The van der Waals surface area contributed by atoms with Crippen LogP contribution in [0.5, 0.6) is 11.5 Å². The van der Waals surface area contributed by atoms with Crippen LogP contribution in [0, 0.1) is 6.92 Å². The number of anilines is 1. The SMILES string of the molecule is COc1ccc(-n2c(C)ccc2[C@H]2[C@H](c3ccccn3)NC(=S)N2c2ccc(OC3CCCC3)cc2)cc1. The Hall–Kier alpha value is -3.84. The van der Waals surface area contributed by atoms with Gasteiger partial charge < -0.3 is 24.3 Å². The van der Waals surface area contributed by atoms with Gasteiger partial charge in [0.2, 0.25) is 0 Å². The number of nitrogens with one attached hydrogen (secondary N) is 1. The highest BCUT2D eigenvalue weighted by Gasteiger charge is 2.42. The molecular formula is C31H32N4O2S. The van der Waals surface area contributed by atoms with E-state index < -0.39 is 0 Å². The highest BCUT2D eigenvalue weighted by Crippen LogP contribution is 2.43. The number of nitrogens with zero attached hydrogens (tertiary/aromatic N) is 3. The van der Waals surface area contributed by atoms with E-state index in [4.69, 9.17) is 26.7 Å². The van der Waals surface area contributed by atoms with Gasteiger partial charge in [0.25, 0.3) is 0 Å². The zero-order chi connectivity index (χ0) is 26.1. The second-order valence-electron chi connectivity index (χ2n) is 9.95. The highest BCUT2D eigenvalue weighted by atomic mass is 32.1. The van der Waals surface area contributed by atoms with E-state index in [9.17, 15) is 0 Å². The van der Waals surface area contributed by atoms with Gasteiger partial charge >= 0.3 is 0 Å². The minimum absolute atomic E-state index is 0.116. The molecule has 6 nitrogen and oxygen atoms in total. The van der Waals surface area contributed by atoms with Crippen molar-refractivity contribution >= 4 is 23.0 Å². The summed E-state index contributed by atoms with van der Waals surface area (Å²) >= 11 is 5.95. The van der Waals surface area contributed by atoms with Gasteiger partial charge in [0.15, 0.2) is 5.11 Å². The van der Waals surface area contributed by atoms with E-state index in [1.807, 2.05) is 30.5 Å². The Bertz CT molecular complexity index is 1400. The molecule has 1 saturated heterocycles. The maximum Gasteiger partial charge on any atom is 0.174 e. The van der Waals surface area contributed by atoms with Crippen molar-refractivity contribution in [3.63, 3.8) is 0 Å². The fraction of sp³-hybridized carbons (Fsp3) is 0.290. The largest absolute Gasteiger partial charge is 0.497 e. The van der Waals surface area contributed by atoms with Crippen LogP contribution < -0.4 is 19.7 Å². The molecule has 1 N–H and O–H groups in total. The van der Waals surface area contributed by atoms with Crippen molar-refractivity contribution < 1.29 is 9.47 Å². The fourth-order valence-corrected chi connectivity index (χ4v) is 6.04. The summed E-state index contributed by atoms with van der Waals surface area (Å²) in [6.45, 7) is 2.13. The Balaban J connectivity index is 1.41. The number of hydrogen-bond donors (Lipinski definition) is 1. The van der Waals surface area contributed by atoms with Crippen molar-refractivity contribution in [3.8, 4) is 17.2 Å². The molecule has 4 aromatic rings. The topological polar surface area (TPSA) is 51.5 Å². The number of ether oxygens (including phenoxy) is 2. The summed E-state index contributed by atoms with van der Waals surface area (Å²) < 4.78 is 13.9. The van der Waals surface area contributed by atoms with E-state index in [1.54, 1.807) is 7.11 Å². The molecule has 1 aliphatic heterocycles. The zero-order valence-corrected chi connectivity index (χ0v) is 22.5. The Kier molecular flexibility index (Phi) is 6.77. The van der Waals surface area contributed by atoms with Gasteiger partial charge in [0.1, 0.15) is 17.5 Å². The molecule has 7 heteroatoms. The van der Waals surface area contributed by atoms with E-state index >= 15 is 0 Å². The number of thiocarbonyl (C=S) groups is 1. The van der Waals surface area contributed by atoms with Crippen molar-refractivity contribution in [2.75, 3.05) is 12.0 Å². The number of pyridine rings is 1. The van der Waals surface area contributed by atoms with Crippen LogP contribution in [-0.4, -0.2) is 27.9 Å². The average Bonchev–Trinajstić information content (AvgIpc) is 3.69. The molecule has 2 aliphatic rings. The molecule has 38 heavy (non-hydrogen) atoms. The molecule has 2 fully saturated rings. The standard InChI is InChI=1S/C31H32N4O2S/c1-21-10-19-28(34(21)22-11-15-24(36-2)16-12-22)30-29(27-9-5-6-20-32-27)33-31(38)35(30)23-13-17-26(18-14-23)37-25-7-3-4-8-25/h5-6,9-20,25,29-30H,3-4,7-8H2,1-2H3,(H,33,38)/t29-,30-/m0/s1. The second kappa shape index (κ2) is 10.5. The first kappa shape index (κ1) is 24.5. The van der Waals surface area contributed by atoms with Crippen LogP contribution in [0.2, 0.25) is 0 Å². The Morgan fingerprint density at radius 3 is 2.26 bits per heavy atom. The summed E-state index contributed by atoms with van der Waals surface area (Å²) in [5.41, 5.74) is 5.31. The van der Waals surface area contributed by atoms with Crippen LogP contribution in [0.1, 0.15) is 54.8 Å². The normalized spacial score (nSPS) is 19.5. The van der Waals surface area contributed by atoms with Gasteiger partial charge in [-0.25, -0.2) is 0 Å². The van der Waals surface area contributed by atoms with Crippen molar-refractivity contribution in [3.05, 3.63) is 102 Å². The number of hydrogen-bond acceptors (Lipinski definition) is 4. The molecule has 0 unspecified atom stereocenters. The number of rotatable bonds is 7. The monoisotopic (exact) mass is 524 g/mol. The maximum atomic E-state index is 6.23. The predicted octanol–water partition coefficient (Wildman–Crippen LogP) is 6.69. The first-order valence-corrected chi connectivity index (χ1v) is 13.6. The zero-order valence-electron chi connectivity index (χ0n) is 21.7. The lowest BCUT2D eigenvalue weighted by Gasteiger charge is -2.29. The Labute approximate surface area is 229 Å². The minimum Gasteiger partial charge on any atom is -0.497 e. The number of aryl methyl sites for hydroxylation is 1. The van der Waals surface area contributed by atoms with Crippen LogP contribution in [0.3, 0.4) is 0 Å². The summed E-state index contributed by atoms with van der Waals surface area (Å²) in [4.78, 5) is 6.92. The van der Waals surface area contributed by atoms with Crippen molar-refractivity contribution in [1.82, 2.24) is 14.9 Å². The lowest BCUT2D eigenvalue weighted by atomic mass is 10.0. The van der Waals surface area contributed by atoms with Gasteiger partial charge in [-0.15, -0.1) is 0 Å². The highest BCUT2D eigenvalue weighted by molar-refractivity contribution is 7.80. The van der Waals surface area contributed by atoms with Gasteiger partial charge in [-0.2, -0.15) is 0 Å². The molecule has 0 radical (unpaired) electrons. The summed E-state index contributed by atoms with van der Waals surface area (Å²) in [6.07, 6.45) is 6.94. The fourth-order valence-electron chi connectivity index (χ4n) is 5.69. The molecule has 194 valence electrons. The van der Waals surface area contributed by atoms with Crippen LogP contribution >= 0.6 is 12.2 Å². The van der Waals surface area contributed by atoms with E-state index in [0.717, 1.165) is 52.8 Å². The molecule has 0 spiro atoms.